The molecule has 0 heterocycles. The molecule has 42 heavy (non-hydrogen) atoms. The number of carboxylic acid groups (broad SMARTS) is 1. The van der Waals surface area contributed by atoms with E-state index in [2.05, 4.69) is 19.2 Å². The van der Waals surface area contributed by atoms with Gasteiger partial charge < -0.3 is 20.9 Å². The highest BCUT2D eigenvalue weighted by Gasteiger charge is 2.19. The minimum absolute atomic E-state index is 0.0253. The first-order valence-corrected chi connectivity index (χ1v) is 17.9. The number of carboxylic acids is 1. The van der Waals surface area contributed by atoms with Crippen LogP contribution in [0.5, 0.6) is 0 Å². The van der Waals surface area contributed by atoms with Gasteiger partial charge in [-0.1, -0.05) is 123 Å². The van der Waals surface area contributed by atoms with Gasteiger partial charge in [0.2, 0.25) is 5.91 Å². The summed E-state index contributed by atoms with van der Waals surface area (Å²) in [4.78, 5) is 36.0. The van der Waals surface area contributed by atoms with Crippen LogP contribution in [0.1, 0.15) is 187 Å². The quantitative estimate of drug-likeness (QED) is 0.0527. The molecule has 0 rings (SSSR count). The maximum absolute atomic E-state index is 12.6. The number of hydrogen-bond acceptors (Lipinski definition) is 5. The lowest BCUT2D eigenvalue weighted by atomic mass is 10.0. The molecule has 248 valence electrons. The number of ether oxygens (including phenoxy) is 1. The molecule has 0 aromatic heterocycles. The van der Waals surface area contributed by atoms with Gasteiger partial charge in [0.05, 0.1) is 0 Å². The molecular weight excluding hydrogens is 528 g/mol. The number of esters is 1. The Balaban J connectivity index is 4.25. The van der Waals surface area contributed by atoms with Crippen molar-refractivity contribution in [1.82, 2.24) is 5.32 Å². The first-order chi connectivity index (χ1) is 20.4. The zero-order chi connectivity index (χ0) is 31.1. The first-order valence-electron chi connectivity index (χ1n) is 17.9. The number of nitrogens with two attached hydrogens (primary N) is 1. The van der Waals surface area contributed by atoms with Gasteiger partial charge in [-0.15, -0.1) is 0 Å². The summed E-state index contributed by atoms with van der Waals surface area (Å²) in [6.07, 6.45) is 28.6. The molecule has 0 spiro atoms. The Hall–Kier alpha value is -1.63. The summed E-state index contributed by atoms with van der Waals surface area (Å²) in [5.74, 6) is -1.23. The van der Waals surface area contributed by atoms with Crippen molar-refractivity contribution in [3.8, 4) is 0 Å². The molecule has 0 aromatic carbocycles. The molecule has 0 aromatic rings. The molecule has 7 nitrogen and oxygen atoms in total. The van der Waals surface area contributed by atoms with Crippen LogP contribution in [-0.2, 0) is 19.1 Å². The van der Waals surface area contributed by atoms with Crippen molar-refractivity contribution in [3.63, 3.8) is 0 Å². The summed E-state index contributed by atoms with van der Waals surface area (Å²) < 4.78 is 5.97. The van der Waals surface area contributed by atoms with Gasteiger partial charge in [-0.05, 0) is 57.9 Å². The molecule has 0 saturated carbocycles. The zero-order valence-electron chi connectivity index (χ0n) is 27.6. The Morgan fingerprint density at radius 1 is 0.595 bits per heavy atom. The third kappa shape index (κ3) is 27.2. The number of nitrogens with one attached hydrogen (secondary N) is 1. The van der Waals surface area contributed by atoms with Crippen molar-refractivity contribution in [2.45, 2.75) is 199 Å². The molecule has 0 aliphatic rings. The van der Waals surface area contributed by atoms with Crippen LogP contribution in [0.25, 0.3) is 0 Å². The highest BCUT2D eigenvalue weighted by Crippen LogP contribution is 2.19. The Labute approximate surface area is 258 Å². The fourth-order valence-corrected chi connectivity index (χ4v) is 5.45. The Morgan fingerprint density at radius 2 is 1.02 bits per heavy atom. The van der Waals surface area contributed by atoms with Crippen molar-refractivity contribution < 1.29 is 24.2 Å². The molecule has 0 radical (unpaired) electrons. The molecule has 2 unspecified atom stereocenters. The summed E-state index contributed by atoms with van der Waals surface area (Å²) in [6.45, 7) is 4.90. The molecule has 0 aliphatic heterocycles. The van der Waals surface area contributed by atoms with E-state index < -0.39 is 12.0 Å². The highest BCUT2D eigenvalue weighted by molar-refractivity contribution is 5.83. The van der Waals surface area contributed by atoms with Crippen LogP contribution in [0.15, 0.2) is 0 Å². The van der Waals surface area contributed by atoms with E-state index in [1.807, 2.05) is 0 Å². The van der Waals surface area contributed by atoms with E-state index >= 15 is 0 Å². The van der Waals surface area contributed by atoms with Gasteiger partial charge in [0.15, 0.2) is 0 Å². The van der Waals surface area contributed by atoms with Gasteiger partial charge in [0.25, 0.3) is 0 Å². The molecule has 7 heteroatoms. The Kier molecular flexibility index (Phi) is 29.6. The van der Waals surface area contributed by atoms with E-state index in [9.17, 15) is 19.5 Å². The minimum Gasteiger partial charge on any atom is -0.480 e. The number of aliphatic carboxylic acids is 1. The lowest BCUT2D eigenvalue weighted by Gasteiger charge is -2.18. The predicted molar refractivity (Wildman–Crippen MR) is 175 cm³/mol. The number of hydrogen-bond donors (Lipinski definition) is 3. The van der Waals surface area contributed by atoms with E-state index in [1.54, 1.807) is 0 Å². The van der Waals surface area contributed by atoms with E-state index in [-0.39, 0.29) is 18.0 Å². The van der Waals surface area contributed by atoms with Gasteiger partial charge in [0, 0.05) is 12.8 Å². The molecule has 2 atom stereocenters. The zero-order valence-corrected chi connectivity index (χ0v) is 27.6. The molecule has 0 bridgehead atoms. The largest absolute Gasteiger partial charge is 0.480 e. The third-order valence-corrected chi connectivity index (χ3v) is 8.17. The van der Waals surface area contributed by atoms with Gasteiger partial charge >= 0.3 is 11.9 Å². The van der Waals surface area contributed by atoms with Crippen LogP contribution < -0.4 is 11.1 Å². The summed E-state index contributed by atoms with van der Waals surface area (Å²) in [6, 6.07) is -0.850. The fraction of sp³-hybridized carbons (Fsp3) is 0.914. The Morgan fingerprint density at radius 3 is 1.48 bits per heavy atom. The molecule has 1 amide bonds. The summed E-state index contributed by atoms with van der Waals surface area (Å²) in [7, 11) is 0. The number of carbonyl (C=O) groups is 3. The van der Waals surface area contributed by atoms with E-state index in [0.29, 0.717) is 32.2 Å². The topological polar surface area (TPSA) is 119 Å². The maximum atomic E-state index is 12.6. The average Bonchev–Trinajstić information content (AvgIpc) is 2.97. The summed E-state index contributed by atoms with van der Waals surface area (Å²) in [5, 5.41) is 11.9. The normalized spacial score (nSPS) is 12.6. The second kappa shape index (κ2) is 30.8. The number of unbranched alkanes of at least 4 members (excludes halogenated alkanes) is 18. The van der Waals surface area contributed by atoms with Gasteiger partial charge in [-0.3, -0.25) is 9.59 Å². The highest BCUT2D eigenvalue weighted by atomic mass is 16.5. The lowest BCUT2D eigenvalue weighted by molar-refractivity contribution is -0.150. The van der Waals surface area contributed by atoms with Crippen molar-refractivity contribution >= 4 is 17.8 Å². The lowest BCUT2D eigenvalue weighted by Crippen LogP contribution is -2.40. The Bertz CT molecular complexity index is 643. The molecule has 0 aliphatic carbocycles. The number of carbonyl (C=O) groups excluding carboxylic acids is 2. The van der Waals surface area contributed by atoms with E-state index in [1.165, 1.54) is 83.5 Å². The van der Waals surface area contributed by atoms with Crippen LogP contribution in [0, 0.1) is 0 Å². The van der Waals surface area contributed by atoms with Crippen molar-refractivity contribution in [2.24, 2.45) is 5.73 Å². The third-order valence-electron chi connectivity index (χ3n) is 8.17. The van der Waals surface area contributed by atoms with Gasteiger partial charge in [0.1, 0.15) is 12.1 Å². The van der Waals surface area contributed by atoms with Crippen LogP contribution in [0.4, 0.5) is 0 Å². The smallest absolute Gasteiger partial charge is 0.326 e. The number of amides is 1. The van der Waals surface area contributed by atoms with Crippen molar-refractivity contribution in [2.75, 3.05) is 6.54 Å². The van der Waals surface area contributed by atoms with Crippen molar-refractivity contribution in [1.29, 1.82) is 0 Å². The average molecular weight is 597 g/mol. The van der Waals surface area contributed by atoms with Crippen LogP contribution in [0.3, 0.4) is 0 Å². The van der Waals surface area contributed by atoms with Crippen molar-refractivity contribution in [3.05, 3.63) is 0 Å². The van der Waals surface area contributed by atoms with Crippen LogP contribution >= 0.6 is 0 Å². The fourth-order valence-electron chi connectivity index (χ4n) is 5.45. The standard InChI is InChI=1S/C35H68N2O5/c1-3-5-7-9-11-13-16-20-25-31(42-34(39)29-23-19-14-12-10-8-6-4-2)26-21-17-15-18-22-28-33(38)37-32(35(40)41)27-24-30-36/h31-32H,3-30,36H2,1-2H3,(H,37,38)(H,40,41). The first kappa shape index (κ1) is 40.4. The van der Waals surface area contributed by atoms with E-state index in [4.69, 9.17) is 10.5 Å². The second-order valence-electron chi connectivity index (χ2n) is 12.3. The minimum atomic E-state index is -1.00. The SMILES string of the molecule is CCCCCCCCCCC(=O)OC(CCCCCCCCCC)CCCCCCCC(=O)NC(CCCN)C(=O)O. The van der Waals surface area contributed by atoms with Crippen LogP contribution in [-0.4, -0.2) is 41.6 Å². The summed E-state index contributed by atoms with van der Waals surface area (Å²) in [5.41, 5.74) is 5.46. The molecule has 0 fully saturated rings. The molecule has 4 N–H and O–H groups in total. The maximum Gasteiger partial charge on any atom is 0.326 e. The van der Waals surface area contributed by atoms with Gasteiger partial charge in [-0.25, -0.2) is 4.79 Å². The van der Waals surface area contributed by atoms with Gasteiger partial charge in [-0.2, -0.15) is 0 Å². The molecule has 0 saturated heterocycles. The second-order valence-corrected chi connectivity index (χ2v) is 12.3. The van der Waals surface area contributed by atoms with E-state index in [0.717, 1.165) is 64.2 Å². The van der Waals surface area contributed by atoms with Crippen LogP contribution in [0.2, 0.25) is 0 Å². The summed E-state index contributed by atoms with van der Waals surface area (Å²) >= 11 is 0. The monoisotopic (exact) mass is 597 g/mol. The number of rotatable bonds is 32. The predicted octanol–water partition coefficient (Wildman–Crippen LogP) is 9.00. The molecular formula is C35H68N2O5.